The Labute approximate surface area is 133 Å². The second kappa shape index (κ2) is 6.85. The molecule has 7 heteroatoms. The Kier molecular flexibility index (Phi) is 4.65. The van der Waals surface area contributed by atoms with E-state index in [-0.39, 0.29) is 12.5 Å². The minimum atomic E-state index is -0.0911. The topological polar surface area (TPSA) is 69.6 Å². The second-order valence-corrected chi connectivity index (χ2v) is 5.93. The summed E-state index contributed by atoms with van der Waals surface area (Å²) in [5.41, 5.74) is 1.37. The molecule has 0 bridgehead atoms. The van der Waals surface area contributed by atoms with Crippen molar-refractivity contribution >= 4 is 23.2 Å². The standard InChI is InChI=1S/C15H18N4O2S/c20-10-13-2-4-16-15(17-13)19-6-1-5-18(7-8-19)14(21)12-3-9-22-11-12/h2-4,9,11,20H,1,5-8,10H2. The third-order valence-corrected chi connectivity index (χ3v) is 4.38. The van der Waals surface area contributed by atoms with Gasteiger partial charge in [0.15, 0.2) is 0 Å². The maximum atomic E-state index is 12.4. The Bertz CT molecular complexity index is 632. The lowest BCUT2D eigenvalue weighted by Crippen LogP contribution is -2.35. The molecule has 1 aliphatic heterocycles. The van der Waals surface area contributed by atoms with Gasteiger partial charge in [0.2, 0.25) is 5.95 Å². The molecule has 1 fully saturated rings. The molecular weight excluding hydrogens is 300 g/mol. The van der Waals surface area contributed by atoms with Crippen molar-refractivity contribution in [2.75, 3.05) is 31.1 Å². The summed E-state index contributed by atoms with van der Waals surface area (Å²) < 4.78 is 0. The van der Waals surface area contributed by atoms with E-state index in [0.29, 0.717) is 24.7 Å². The first-order chi connectivity index (χ1) is 10.8. The summed E-state index contributed by atoms with van der Waals surface area (Å²) in [6, 6.07) is 3.57. The van der Waals surface area contributed by atoms with Gasteiger partial charge in [-0.15, -0.1) is 0 Å². The lowest BCUT2D eigenvalue weighted by molar-refractivity contribution is 0.0767. The van der Waals surface area contributed by atoms with Crippen molar-refractivity contribution in [3.8, 4) is 0 Å². The molecule has 22 heavy (non-hydrogen) atoms. The summed E-state index contributed by atoms with van der Waals surface area (Å²) in [6.45, 7) is 2.81. The highest BCUT2D eigenvalue weighted by molar-refractivity contribution is 7.08. The van der Waals surface area contributed by atoms with Crippen LogP contribution in [-0.4, -0.2) is 52.1 Å². The fourth-order valence-corrected chi connectivity index (χ4v) is 3.14. The number of carbonyl (C=O) groups excluding carboxylic acids is 1. The summed E-state index contributed by atoms with van der Waals surface area (Å²) in [5.74, 6) is 0.713. The van der Waals surface area contributed by atoms with Crippen molar-refractivity contribution < 1.29 is 9.90 Å². The maximum absolute atomic E-state index is 12.4. The van der Waals surface area contributed by atoms with Crippen LogP contribution in [0.15, 0.2) is 29.1 Å². The molecule has 0 unspecified atom stereocenters. The molecule has 0 atom stereocenters. The molecule has 1 amide bonds. The van der Waals surface area contributed by atoms with Gasteiger partial charge in [0.1, 0.15) is 0 Å². The first-order valence-corrected chi connectivity index (χ1v) is 8.21. The molecular formula is C15H18N4O2S. The molecule has 116 valence electrons. The lowest BCUT2D eigenvalue weighted by Gasteiger charge is -2.22. The minimum absolute atomic E-state index is 0.0909. The molecule has 1 N–H and O–H groups in total. The van der Waals surface area contributed by atoms with Crippen molar-refractivity contribution in [3.05, 3.63) is 40.3 Å². The number of anilines is 1. The van der Waals surface area contributed by atoms with Crippen LogP contribution >= 0.6 is 11.3 Å². The Morgan fingerprint density at radius 1 is 1.27 bits per heavy atom. The zero-order valence-corrected chi connectivity index (χ0v) is 13.0. The Morgan fingerprint density at radius 3 is 2.95 bits per heavy atom. The van der Waals surface area contributed by atoms with E-state index in [2.05, 4.69) is 14.9 Å². The van der Waals surface area contributed by atoms with Crippen LogP contribution in [0.25, 0.3) is 0 Å². The van der Waals surface area contributed by atoms with Crippen LogP contribution in [0.4, 0.5) is 5.95 Å². The summed E-state index contributed by atoms with van der Waals surface area (Å²) >= 11 is 1.54. The van der Waals surface area contributed by atoms with Crippen molar-refractivity contribution in [2.24, 2.45) is 0 Å². The number of rotatable bonds is 3. The van der Waals surface area contributed by atoms with Gasteiger partial charge < -0.3 is 14.9 Å². The van der Waals surface area contributed by atoms with Crippen LogP contribution in [0.1, 0.15) is 22.5 Å². The van der Waals surface area contributed by atoms with E-state index in [4.69, 9.17) is 0 Å². The van der Waals surface area contributed by atoms with Gasteiger partial charge in [-0.1, -0.05) is 0 Å². The zero-order valence-electron chi connectivity index (χ0n) is 12.2. The highest BCUT2D eigenvalue weighted by Gasteiger charge is 2.21. The summed E-state index contributed by atoms with van der Waals surface area (Å²) in [6.07, 6.45) is 2.54. The fourth-order valence-electron chi connectivity index (χ4n) is 2.51. The number of carbonyl (C=O) groups is 1. The van der Waals surface area contributed by atoms with Gasteiger partial charge in [-0.05, 0) is 23.9 Å². The third kappa shape index (κ3) is 3.26. The molecule has 6 nitrogen and oxygen atoms in total. The van der Waals surface area contributed by atoms with Crippen molar-refractivity contribution in [2.45, 2.75) is 13.0 Å². The number of aromatic nitrogens is 2. The van der Waals surface area contributed by atoms with Gasteiger partial charge in [-0.25, -0.2) is 9.97 Å². The molecule has 0 aliphatic carbocycles. The van der Waals surface area contributed by atoms with E-state index in [9.17, 15) is 9.90 Å². The van der Waals surface area contributed by atoms with Gasteiger partial charge in [0.05, 0.1) is 17.9 Å². The molecule has 0 saturated carbocycles. The number of hydrogen-bond acceptors (Lipinski definition) is 6. The SMILES string of the molecule is O=C(c1ccsc1)N1CCCN(c2nccc(CO)n2)CC1. The van der Waals surface area contributed by atoms with E-state index in [0.717, 1.165) is 25.1 Å². The van der Waals surface area contributed by atoms with Gasteiger partial charge in [0, 0.05) is 37.8 Å². The van der Waals surface area contributed by atoms with Crippen molar-refractivity contribution in [3.63, 3.8) is 0 Å². The number of hydrogen-bond donors (Lipinski definition) is 1. The summed E-state index contributed by atoms with van der Waals surface area (Å²) in [4.78, 5) is 25.0. The molecule has 2 aromatic rings. The molecule has 0 spiro atoms. The van der Waals surface area contributed by atoms with E-state index < -0.39 is 0 Å². The van der Waals surface area contributed by atoms with Crippen LogP contribution in [0.2, 0.25) is 0 Å². The number of thiophene rings is 1. The largest absolute Gasteiger partial charge is 0.390 e. The van der Waals surface area contributed by atoms with Gasteiger partial charge in [-0.2, -0.15) is 11.3 Å². The molecule has 1 aliphatic rings. The molecule has 0 aromatic carbocycles. The quantitative estimate of drug-likeness (QED) is 0.926. The van der Waals surface area contributed by atoms with E-state index in [1.807, 2.05) is 21.7 Å². The highest BCUT2D eigenvalue weighted by atomic mass is 32.1. The summed E-state index contributed by atoms with van der Waals surface area (Å²) in [5, 5.41) is 13.0. The van der Waals surface area contributed by atoms with Gasteiger partial charge in [0.25, 0.3) is 5.91 Å². The molecule has 3 heterocycles. The highest BCUT2D eigenvalue weighted by Crippen LogP contribution is 2.15. The van der Waals surface area contributed by atoms with Gasteiger partial charge in [-0.3, -0.25) is 4.79 Å². The van der Waals surface area contributed by atoms with Crippen molar-refractivity contribution in [1.82, 2.24) is 14.9 Å². The van der Waals surface area contributed by atoms with E-state index >= 15 is 0 Å². The van der Waals surface area contributed by atoms with E-state index in [1.165, 1.54) is 11.3 Å². The average Bonchev–Trinajstić information content (AvgIpc) is 2.98. The fraction of sp³-hybridized carbons (Fsp3) is 0.400. The normalized spacial score (nSPS) is 15.7. The number of aliphatic hydroxyl groups excluding tert-OH is 1. The van der Waals surface area contributed by atoms with Crippen LogP contribution in [0.5, 0.6) is 0 Å². The van der Waals surface area contributed by atoms with Crippen LogP contribution in [0.3, 0.4) is 0 Å². The van der Waals surface area contributed by atoms with Crippen LogP contribution < -0.4 is 4.90 Å². The first kappa shape index (κ1) is 14.9. The third-order valence-electron chi connectivity index (χ3n) is 3.70. The molecule has 2 aromatic heterocycles. The number of aliphatic hydroxyl groups is 1. The Balaban J connectivity index is 1.68. The van der Waals surface area contributed by atoms with Crippen molar-refractivity contribution in [1.29, 1.82) is 0 Å². The second-order valence-electron chi connectivity index (χ2n) is 5.15. The first-order valence-electron chi connectivity index (χ1n) is 7.27. The number of amides is 1. The Hall–Kier alpha value is -1.99. The predicted octanol–water partition coefficient (Wildman–Crippen LogP) is 1.38. The van der Waals surface area contributed by atoms with E-state index in [1.54, 1.807) is 12.3 Å². The maximum Gasteiger partial charge on any atom is 0.254 e. The summed E-state index contributed by atoms with van der Waals surface area (Å²) in [7, 11) is 0. The predicted molar refractivity (Wildman–Crippen MR) is 85.0 cm³/mol. The van der Waals surface area contributed by atoms with Crippen LogP contribution in [-0.2, 0) is 6.61 Å². The lowest BCUT2D eigenvalue weighted by atomic mass is 10.3. The van der Waals surface area contributed by atoms with Crippen LogP contribution in [0, 0.1) is 0 Å². The zero-order chi connectivity index (χ0) is 15.4. The molecule has 3 rings (SSSR count). The number of nitrogens with zero attached hydrogens (tertiary/aromatic N) is 4. The monoisotopic (exact) mass is 318 g/mol. The molecule has 1 saturated heterocycles. The average molecular weight is 318 g/mol. The minimum Gasteiger partial charge on any atom is -0.390 e. The smallest absolute Gasteiger partial charge is 0.254 e. The molecule has 0 radical (unpaired) electrons. The van der Waals surface area contributed by atoms with Gasteiger partial charge >= 0.3 is 0 Å². The Morgan fingerprint density at radius 2 is 2.18 bits per heavy atom.